The Morgan fingerprint density at radius 2 is 0.618 bits per heavy atom. The van der Waals surface area contributed by atoms with Crippen molar-refractivity contribution in [3.63, 3.8) is 0 Å². The van der Waals surface area contributed by atoms with Gasteiger partial charge in [0.05, 0.1) is 13.2 Å². The van der Waals surface area contributed by atoms with Crippen LogP contribution < -0.4 is 5.73 Å². The molecule has 512 valence electrons. The Kier molecular flexibility index (Phi) is 70.5. The van der Waals surface area contributed by atoms with Crippen molar-refractivity contribution < 1.29 is 37.6 Å². The first-order chi connectivity index (χ1) is 43.8. The topological polar surface area (TPSA) is 134 Å². The summed E-state index contributed by atoms with van der Waals surface area (Å²) in [6.45, 7) is 3.61. The van der Waals surface area contributed by atoms with Gasteiger partial charge in [0.25, 0.3) is 0 Å². The smallest absolute Gasteiger partial charge is 0.462 e. The highest BCUT2D eigenvalue weighted by Gasteiger charge is 2.26. The summed E-state index contributed by atoms with van der Waals surface area (Å²) in [7, 11) is -4.41. The number of allylic oxidation sites excluding steroid dienone is 20. The molecule has 0 amide bonds. The average molecular weight is 1260 g/mol. The van der Waals surface area contributed by atoms with Crippen molar-refractivity contribution in [3.8, 4) is 0 Å². The number of hydrogen-bond donors (Lipinski definition) is 2. The van der Waals surface area contributed by atoms with Crippen molar-refractivity contribution >= 4 is 19.8 Å². The summed E-state index contributed by atoms with van der Waals surface area (Å²) in [6, 6.07) is 0. The van der Waals surface area contributed by atoms with E-state index in [-0.39, 0.29) is 38.6 Å². The number of phosphoric acid groups is 1. The molecule has 0 aliphatic rings. The Balaban J connectivity index is 3.87. The van der Waals surface area contributed by atoms with Crippen LogP contribution in [0.1, 0.15) is 335 Å². The Morgan fingerprint density at radius 3 is 0.921 bits per heavy atom. The minimum Gasteiger partial charge on any atom is -0.462 e. The molecule has 0 aromatic carbocycles. The van der Waals surface area contributed by atoms with Crippen molar-refractivity contribution in [1.82, 2.24) is 0 Å². The van der Waals surface area contributed by atoms with Crippen molar-refractivity contribution in [3.05, 3.63) is 122 Å². The largest absolute Gasteiger partial charge is 0.472 e. The van der Waals surface area contributed by atoms with E-state index in [9.17, 15) is 19.0 Å². The lowest BCUT2D eigenvalue weighted by atomic mass is 10.0. The van der Waals surface area contributed by atoms with Gasteiger partial charge < -0.3 is 20.1 Å². The number of nitrogens with two attached hydrogens (primary N) is 1. The molecular weight excluding hydrogens is 1120 g/mol. The molecule has 89 heavy (non-hydrogen) atoms. The van der Waals surface area contributed by atoms with Crippen molar-refractivity contribution in [1.29, 1.82) is 0 Å². The normalized spacial score (nSPS) is 13.6. The first-order valence-corrected chi connectivity index (χ1v) is 38.5. The van der Waals surface area contributed by atoms with E-state index in [1.807, 2.05) is 0 Å². The Bertz CT molecular complexity index is 1880. The summed E-state index contributed by atoms with van der Waals surface area (Å²) in [5.74, 6) is -0.852. The fourth-order valence-corrected chi connectivity index (χ4v) is 11.2. The molecule has 9 nitrogen and oxygen atoms in total. The van der Waals surface area contributed by atoms with Crippen LogP contribution in [0.4, 0.5) is 0 Å². The third-order valence-corrected chi connectivity index (χ3v) is 16.8. The molecule has 10 heteroatoms. The van der Waals surface area contributed by atoms with Crippen LogP contribution in [-0.4, -0.2) is 49.3 Å². The second kappa shape index (κ2) is 73.5. The van der Waals surface area contributed by atoms with Gasteiger partial charge in [0, 0.05) is 19.4 Å². The van der Waals surface area contributed by atoms with Gasteiger partial charge >= 0.3 is 19.8 Å². The second-order valence-corrected chi connectivity index (χ2v) is 25.9. The van der Waals surface area contributed by atoms with Crippen LogP contribution in [0.25, 0.3) is 0 Å². The van der Waals surface area contributed by atoms with Gasteiger partial charge in [-0.25, -0.2) is 4.57 Å². The van der Waals surface area contributed by atoms with Gasteiger partial charge in [-0.2, -0.15) is 0 Å². The lowest BCUT2D eigenvalue weighted by Crippen LogP contribution is -2.29. The maximum atomic E-state index is 12.8. The van der Waals surface area contributed by atoms with Crippen LogP contribution in [-0.2, 0) is 32.7 Å². The monoisotopic (exact) mass is 1260 g/mol. The Hall–Kier alpha value is -3.59. The van der Waals surface area contributed by atoms with E-state index in [0.717, 1.165) is 103 Å². The fourth-order valence-electron chi connectivity index (χ4n) is 10.4. The Morgan fingerprint density at radius 1 is 0.348 bits per heavy atom. The molecule has 0 rings (SSSR count). The maximum Gasteiger partial charge on any atom is 0.472 e. The van der Waals surface area contributed by atoms with Crippen LogP contribution in [0.5, 0.6) is 0 Å². The van der Waals surface area contributed by atoms with Gasteiger partial charge in [0.15, 0.2) is 6.10 Å². The average Bonchev–Trinajstić information content (AvgIpc) is 3.68. The quantitative estimate of drug-likeness (QED) is 0.0264. The minimum absolute atomic E-state index is 0.0442. The summed E-state index contributed by atoms with van der Waals surface area (Å²) in [5.41, 5.74) is 5.40. The first-order valence-electron chi connectivity index (χ1n) is 37.0. The molecule has 0 aromatic heterocycles. The summed E-state index contributed by atoms with van der Waals surface area (Å²) >= 11 is 0. The van der Waals surface area contributed by atoms with E-state index in [0.29, 0.717) is 6.42 Å². The standard InChI is InChI=1S/C79H138NO8P/c1-3-5-7-9-11-13-15-17-19-21-23-25-27-29-31-33-34-35-36-37-38-39-40-41-42-44-45-47-49-51-53-55-57-59-61-63-65-67-69-71-78(81)85-75-77(76-87-89(83,84)86-74-73-80)88-79(82)72-70-68-66-64-62-60-58-56-54-52-50-48-46-43-32-30-28-26-24-22-20-18-16-14-12-10-8-6-4-2/h6,8,12,14-15,17-18,20-21,23-24,26,30,32,46,48,52,54,58,60,77H,3-5,7,9-11,13,16,19,22,25,27-29,31,33-45,47,49-51,53,55-57,59,61-76,80H2,1-2H3,(H,83,84)/b8-6-,14-12-,17-15-,20-18-,23-21-,26-24-,32-30-,48-46-,54-52-,60-58-. The summed E-state index contributed by atoms with van der Waals surface area (Å²) < 4.78 is 33.2. The minimum atomic E-state index is -4.41. The molecule has 0 aliphatic carbocycles. The lowest BCUT2D eigenvalue weighted by molar-refractivity contribution is -0.161. The number of hydrogen-bond acceptors (Lipinski definition) is 8. The van der Waals surface area contributed by atoms with Gasteiger partial charge in [-0.1, -0.05) is 334 Å². The van der Waals surface area contributed by atoms with E-state index in [4.69, 9.17) is 24.3 Å². The maximum absolute atomic E-state index is 12.8. The Labute approximate surface area is 549 Å². The SMILES string of the molecule is CC/C=C\C/C=C\C/C=C\C/C=C\C/C=C\C/C=C\C/C=C\C/C=C\CCCCCCC(=O)OC(COC(=O)CCCCCCCCCCCCCCCCCCCCCCCCCCCCC/C=C\C/C=C\CCCCCCC)COP(=O)(O)OCCN. The third kappa shape index (κ3) is 73.3. The first kappa shape index (κ1) is 85.4. The molecular formula is C79H138NO8P. The highest BCUT2D eigenvalue weighted by atomic mass is 31.2. The second-order valence-electron chi connectivity index (χ2n) is 24.4. The fraction of sp³-hybridized carbons (Fsp3) is 0.722. The molecule has 2 unspecified atom stereocenters. The van der Waals surface area contributed by atoms with Crippen LogP contribution in [0, 0.1) is 0 Å². The molecule has 0 heterocycles. The van der Waals surface area contributed by atoms with E-state index in [2.05, 4.69) is 135 Å². The molecule has 0 aliphatic heterocycles. The molecule has 0 spiro atoms. The lowest BCUT2D eigenvalue weighted by Gasteiger charge is -2.19. The van der Waals surface area contributed by atoms with E-state index in [1.165, 1.54) is 199 Å². The van der Waals surface area contributed by atoms with E-state index >= 15 is 0 Å². The van der Waals surface area contributed by atoms with E-state index < -0.39 is 26.5 Å². The third-order valence-electron chi connectivity index (χ3n) is 15.8. The van der Waals surface area contributed by atoms with Gasteiger partial charge in [-0.05, 0) is 109 Å². The van der Waals surface area contributed by atoms with Crippen LogP contribution in [0.3, 0.4) is 0 Å². The number of carbonyl (C=O) groups excluding carboxylic acids is 2. The zero-order valence-corrected chi connectivity index (χ0v) is 58.5. The van der Waals surface area contributed by atoms with E-state index in [1.54, 1.807) is 0 Å². The van der Waals surface area contributed by atoms with Gasteiger partial charge in [0.1, 0.15) is 6.61 Å². The number of ether oxygens (including phenoxy) is 2. The van der Waals surface area contributed by atoms with Crippen LogP contribution >= 0.6 is 7.82 Å². The molecule has 0 saturated heterocycles. The summed E-state index contributed by atoms with van der Waals surface area (Å²) in [6.07, 6.45) is 103. The highest BCUT2D eigenvalue weighted by molar-refractivity contribution is 7.47. The molecule has 2 atom stereocenters. The van der Waals surface area contributed by atoms with Crippen LogP contribution in [0.15, 0.2) is 122 Å². The predicted molar refractivity (Wildman–Crippen MR) is 385 cm³/mol. The molecule has 0 aromatic rings. The van der Waals surface area contributed by atoms with Crippen molar-refractivity contribution in [2.45, 2.75) is 341 Å². The van der Waals surface area contributed by atoms with Crippen molar-refractivity contribution in [2.24, 2.45) is 5.73 Å². The molecule has 0 bridgehead atoms. The molecule has 0 radical (unpaired) electrons. The number of phosphoric ester groups is 1. The zero-order valence-electron chi connectivity index (χ0n) is 57.6. The number of rotatable bonds is 69. The van der Waals surface area contributed by atoms with Crippen LogP contribution in [0.2, 0.25) is 0 Å². The van der Waals surface area contributed by atoms with Gasteiger partial charge in [-0.15, -0.1) is 0 Å². The number of carbonyl (C=O) groups is 2. The van der Waals surface area contributed by atoms with Crippen molar-refractivity contribution in [2.75, 3.05) is 26.4 Å². The zero-order chi connectivity index (χ0) is 64.4. The molecule has 0 saturated carbocycles. The predicted octanol–water partition coefficient (Wildman–Crippen LogP) is 24.6. The number of esters is 2. The summed E-state index contributed by atoms with van der Waals surface area (Å²) in [5, 5.41) is 0. The van der Waals surface area contributed by atoms with Gasteiger partial charge in [-0.3, -0.25) is 18.6 Å². The van der Waals surface area contributed by atoms with Gasteiger partial charge in [0.2, 0.25) is 0 Å². The number of unbranched alkanes of at least 4 members (excludes halogenated alkanes) is 36. The molecule has 3 N–H and O–H groups in total. The summed E-state index contributed by atoms with van der Waals surface area (Å²) in [4.78, 5) is 35.4. The highest BCUT2D eigenvalue weighted by Crippen LogP contribution is 2.43. The molecule has 0 fully saturated rings.